The topological polar surface area (TPSA) is 66.6 Å². The van der Waals surface area contributed by atoms with E-state index in [4.69, 9.17) is 15.2 Å². The molecular weight excluding hydrogens is 409 g/mol. The first kappa shape index (κ1) is 22.2. The molecule has 0 unspecified atom stereocenters. The van der Waals surface area contributed by atoms with Crippen LogP contribution in [0.5, 0.6) is 11.5 Å². The summed E-state index contributed by atoms with van der Waals surface area (Å²) in [5, 5.41) is 0. The second kappa shape index (κ2) is 10.1. The van der Waals surface area contributed by atoms with E-state index in [0.29, 0.717) is 12.5 Å². The molecule has 2 aromatic rings. The molecule has 0 aliphatic carbocycles. The Morgan fingerprint density at radius 3 is 2.28 bits per heavy atom. The highest BCUT2D eigenvalue weighted by Crippen LogP contribution is 2.33. The number of hydrogen-bond acceptors (Lipinski definition) is 5. The van der Waals surface area contributed by atoms with E-state index in [9.17, 15) is 4.39 Å². The van der Waals surface area contributed by atoms with Gasteiger partial charge < -0.3 is 25.0 Å². The SMILES string of the molecule is COc1cc2c(cc1OC)CN(CCN=C(N)N1CCN(c3ccc(F)cc3)CC1)CC2. The molecule has 4 rings (SSSR count). The lowest BCUT2D eigenvalue weighted by Crippen LogP contribution is -2.51. The van der Waals surface area contributed by atoms with Gasteiger partial charge in [-0.1, -0.05) is 0 Å². The van der Waals surface area contributed by atoms with Crippen molar-refractivity contribution in [2.24, 2.45) is 10.7 Å². The van der Waals surface area contributed by atoms with Crippen LogP contribution in [0.1, 0.15) is 11.1 Å². The normalized spacial score (nSPS) is 17.3. The highest BCUT2D eigenvalue weighted by atomic mass is 19.1. The molecule has 2 aliphatic heterocycles. The number of piperazine rings is 1. The molecule has 0 radical (unpaired) electrons. The van der Waals surface area contributed by atoms with Gasteiger partial charge in [-0.05, 0) is 53.9 Å². The van der Waals surface area contributed by atoms with Gasteiger partial charge in [-0.25, -0.2) is 4.39 Å². The molecule has 2 heterocycles. The van der Waals surface area contributed by atoms with E-state index < -0.39 is 0 Å². The van der Waals surface area contributed by atoms with Gasteiger partial charge >= 0.3 is 0 Å². The van der Waals surface area contributed by atoms with Crippen LogP contribution in [0, 0.1) is 5.82 Å². The molecule has 32 heavy (non-hydrogen) atoms. The number of methoxy groups -OCH3 is 2. The van der Waals surface area contributed by atoms with Crippen LogP contribution in [0.25, 0.3) is 0 Å². The van der Waals surface area contributed by atoms with Crippen molar-refractivity contribution in [1.82, 2.24) is 9.80 Å². The number of fused-ring (bicyclic) bond motifs is 1. The number of rotatable bonds is 6. The predicted octanol–water partition coefficient (Wildman–Crippen LogP) is 2.34. The second-order valence-corrected chi connectivity index (χ2v) is 8.19. The molecule has 2 N–H and O–H groups in total. The molecule has 0 atom stereocenters. The molecule has 7 nitrogen and oxygen atoms in total. The van der Waals surface area contributed by atoms with Crippen LogP contribution in [-0.2, 0) is 13.0 Å². The maximum atomic E-state index is 13.1. The molecule has 2 aliphatic rings. The Balaban J connectivity index is 1.26. The van der Waals surface area contributed by atoms with E-state index in [1.165, 1.54) is 23.3 Å². The fourth-order valence-electron chi connectivity index (χ4n) is 4.38. The van der Waals surface area contributed by atoms with E-state index in [1.54, 1.807) is 14.2 Å². The van der Waals surface area contributed by atoms with Crippen LogP contribution in [0.2, 0.25) is 0 Å². The second-order valence-electron chi connectivity index (χ2n) is 8.19. The number of halogens is 1. The monoisotopic (exact) mass is 441 g/mol. The Labute approximate surface area is 189 Å². The largest absolute Gasteiger partial charge is 0.493 e. The first-order chi connectivity index (χ1) is 15.6. The number of benzene rings is 2. The van der Waals surface area contributed by atoms with Crippen molar-refractivity contribution < 1.29 is 13.9 Å². The Kier molecular flexibility index (Phi) is 6.99. The maximum Gasteiger partial charge on any atom is 0.191 e. The van der Waals surface area contributed by atoms with Crippen LogP contribution < -0.4 is 20.1 Å². The lowest BCUT2D eigenvalue weighted by Gasteiger charge is -2.36. The van der Waals surface area contributed by atoms with Gasteiger partial charge in [0.05, 0.1) is 20.8 Å². The van der Waals surface area contributed by atoms with Crippen LogP contribution in [0.15, 0.2) is 41.4 Å². The quantitative estimate of drug-likeness (QED) is 0.548. The highest BCUT2D eigenvalue weighted by molar-refractivity contribution is 5.78. The molecule has 0 aromatic heterocycles. The van der Waals surface area contributed by atoms with Crippen LogP contribution >= 0.6 is 0 Å². The van der Waals surface area contributed by atoms with Crippen molar-refractivity contribution in [3.63, 3.8) is 0 Å². The van der Waals surface area contributed by atoms with Crippen molar-refractivity contribution in [2.75, 3.05) is 64.9 Å². The van der Waals surface area contributed by atoms with Crippen LogP contribution in [-0.4, -0.2) is 75.8 Å². The zero-order valence-corrected chi connectivity index (χ0v) is 18.9. The number of hydrogen-bond donors (Lipinski definition) is 1. The van der Waals surface area contributed by atoms with Crippen molar-refractivity contribution in [1.29, 1.82) is 0 Å². The molecule has 0 bridgehead atoms. The maximum absolute atomic E-state index is 13.1. The fourth-order valence-corrected chi connectivity index (χ4v) is 4.38. The number of nitrogens with zero attached hydrogens (tertiary/aromatic N) is 4. The third-order valence-electron chi connectivity index (χ3n) is 6.28. The number of anilines is 1. The third-order valence-corrected chi connectivity index (χ3v) is 6.28. The van der Waals surface area contributed by atoms with Crippen LogP contribution in [0.4, 0.5) is 10.1 Å². The molecule has 1 fully saturated rings. The Morgan fingerprint density at radius 1 is 0.969 bits per heavy atom. The van der Waals surface area contributed by atoms with E-state index in [1.807, 2.05) is 12.1 Å². The van der Waals surface area contributed by atoms with Gasteiger partial charge in [0.15, 0.2) is 17.5 Å². The summed E-state index contributed by atoms with van der Waals surface area (Å²) in [6.07, 6.45) is 0.986. The predicted molar refractivity (Wildman–Crippen MR) is 125 cm³/mol. The van der Waals surface area contributed by atoms with Gasteiger partial charge in [0.25, 0.3) is 0 Å². The van der Waals surface area contributed by atoms with Gasteiger partial charge in [0.1, 0.15) is 5.82 Å². The minimum Gasteiger partial charge on any atom is -0.493 e. The number of guanidine groups is 1. The Morgan fingerprint density at radius 2 is 1.62 bits per heavy atom. The van der Waals surface area contributed by atoms with Crippen LogP contribution in [0.3, 0.4) is 0 Å². The van der Waals surface area contributed by atoms with Crippen molar-refractivity contribution in [3.8, 4) is 11.5 Å². The molecular formula is C24H32FN5O2. The van der Waals surface area contributed by atoms with Crippen molar-refractivity contribution in [2.45, 2.75) is 13.0 Å². The molecule has 172 valence electrons. The molecule has 0 saturated carbocycles. The van der Waals surface area contributed by atoms with Gasteiger partial charge in [-0.2, -0.15) is 0 Å². The molecule has 0 amide bonds. The van der Waals surface area contributed by atoms with Gasteiger partial charge in [0, 0.05) is 51.5 Å². The molecule has 0 spiro atoms. The summed E-state index contributed by atoms with van der Waals surface area (Å²) in [7, 11) is 3.34. The third kappa shape index (κ3) is 5.07. The van der Waals surface area contributed by atoms with E-state index in [2.05, 4.69) is 31.8 Å². The summed E-state index contributed by atoms with van der Waals surface area (Å²) >= 11 is 0. The van der Waals surface area contributed by atoms with E-state index in [0.717, 1.165) is 69.4 Å². The molecule has 8 heteroatoms. The van der Waals surface area contributed by atoms with Crippen molar-refractivity contribution >= 4 is 11.6 Å². The fraction of sp³-hybridized carbons (Fsp3) is 0.458. The number of nitrogens with two attached hydrogens (primary N) is 1. The zero-order valence-electron chi connectivity index (χ0n) is 18.9. The summed E-state index contributed by atoms with van der Waals surface area (Å²) in [5.74, 6) is 1.96. The van der Waals surface area contributed by atoms with Gasteiger partial charge in [-0.3, -0.25) is 9.89 Å². The summed E-state index contributed by atoms with van der Waals surface area (Å²) in [6, 6.07) is 10.8. The Hall–Kier alpha value is -3.00. The molecule has 2 aromatic carbocycles. The standard InChI is InChI=1S/C24H32FN5O2/c1-31-22-15-18-7-9-28(17-19(18)16-23(22)32-2)10-8-27-24(26)30-13-11-29(12-14-30)21-5-3-20(25)4-6-21/h3-6,15-16H,7-14,17H2,1-2H3,(H2,26,27). The highest BCUT2D eigenvalue weighted by Gasteiger charge is 2.20. The Bertz CT molecular complexity index is 942. The lowest BCUT2D eigenvalue weighted by molar-refractivity contribution is 0.259. The molecule has 1 saturated heterocycles. The lowest BCUT2D eigenvalue weighted by atomic mass is 9.99. The summed E-state index contributed by atoms with van der Waals surface area (Å²) in [4.78, 5) is 11.4. The zero-order chi connectivity index (χ0) is 22.5. The van der Waals surface area contributed by atoms with Gasteiger partial charge in [0.2, 0.25) is 0 Å². The average molecular weight is 442 g/mol. The van der Waals surface area contributed by atoms with E-state index in [-0.39, 0.29) is 5.82 Å². The minimum absolute atomic E-state index is 0.208. The number of ether oxygens (including phenoxy) is 2. The average Bonchev–Trinajstić information content (AvgIpc) is 2.83. The number of aliphatic imine (C=N–C) groups is 1. The van der Waals surface area contributed by atoms with Crippen molar-refractivity contribution in [3.05, 3.63) is 53.3 Å². The van der Waals surface area contributed by atoms with E-state index >= 15 is 0 Å². The summed E-state index contributed by atoms with van der Waals surface area (Å²) in [6.45, 7) is 6.72. The minimum atomic E-state index is -0.208. The summed E-state index contributed by atoms with van der Waals surface area (Å²) in [5.41, 5.74) is 9.92. The smallest absolute Gasteiger partial charge is 0.191 e. The summed E-state index contributed by atoms with van der Waals surface area (Å²) < 4.78 is 24.0. The van der Waals surface area contributed by atoms with Gasteiger partial charge in [-0.15, -0.1) is 0 Å². The first-order valence-corrected chi connectivity index (χ1v) is 11.1. The first-order valence-electron chi connectivity index (χ1n) is 11.1.